The molecule has 0 radical (unpaired) electrons. The van der Waals surface area contributed by atoms with Crippen molar-refractivity contribution < 1.29 is 4.74 Å². The summed E-state index contributed by atoms with van der Waals surface area (Å²) in [6.07, 6.45) is 6.39. The molecule has 1 rings (SSSR count). The summed E-state index contributed by atoms with van der Waals surface area (Å²) in [5.74, 6) is 0. The smallest absolute Gasteiger partial charge is 0.0853 e. The molecule has 16 heavy (non-hydrogen) atoms. The van der Waals surface area contributed by atoms with Gasteiger partial charge >= 0.3 is 0 Å². The first-order valence-electron chi connectivity index (χ1n) is 6.87. The number of ether oxygens (including phenoxy) is 1. The van der Waals surface area contributed by atoms with Crippen molar-refractivity contribution in [3.8, 4) is 0 Å². The molecule has 0 saturated carbocycles. The van der Waals surface area contributed by atoms with Gasteiger partial charge in [0.1, 0.15) is 0 Å². The van der Waals surface area contributed by atoms with Crippen LogP contribution in [0.1, 0.15) is 46.0 Å². The van der Waals surface area contributed by atoms with Crippen molar-refractivity contribution in [1.82, 2.24) is 4.90 Å². The molecule has 2 atom stereocenters. The summed E-state index contributed by atoms with van der Waals surface area (Å²) in [6.45, 7) is 8.60. The first kappa shape index (κ1) is 13.9. The van der Waals surface area contributed by atoms with E-state index < -0.39 is 0 Å². The van der Waals surface area contributed by atoms with Crippen molar-refractivity contribution >= 4 is 0 Å². The summed E-state index contributed by atoms with van der Waals surface area (Å²) in [4.78, 5) is 2.48. The second-order valence-electron chi connectivity index (χ2n) is 4.87. The van der Waals surface area contributed by atoms with Gasteiger partial charge in [-0.25, -0.2) is 0 Å². The van der Waals surface area contributed by atoms with Crippen LogP contribution in [0.25, 0.3) is 0 Å². The van der Waals surface area contributed by atoms with E-state index in [1.807, 2.05) is 0 Å². The standard InChI is InChI=1S/C13H28N2O/c1-3-5-6-7-12(14)13-11-15(8-4-2)9-10-16-13/h12-13H,3-11,14H2,1-2H3. The highest BCUT2D eigenvalue weighted by Gasteiger charge is 2.24. The zero-order valence-corrected chi connectivity index (χ0v) is 11.0. The summed E-state index contributed by atoms with van der Waals surface area (Å²) in [5, 5.41) is 0. The Morgan fingerprint density at radius 1 is 1.31 bits per heavy atom. The number of rotatable bonds is 7. The van der Waals surface area contributed by atoms with Crippen molar-refractivity contribution in [1.29, 1.82) is 0 Å². The quantitative estimate of drug-likeness (QED) is 0.677. The van der Waals surface area contributed by atoms with Gasteiger partial charge in [0.25, 0.3) is 0 Å². The zero-order valence-electron chi connectivity index (χ0n) is 11.0. The first-order valence-corrected chi connectivity index (χ1v) is 6.87. The Balaban J connectivity index is 2.23. The number of hydrogen-bond donors (Lipinski definition) is 1. The van der Waals surface area contributed by atoms with Gasteiger partial charge in [0.15, 0.2) is 0 Å². The molecule has 0 amide bonds. The zero-order chi connectivity index (χ0) is 11.8. The Hall–Kier alpha value is -0.120. The van der Waals surface area contributed by atoms with Crippen LogP contribution >= 0.6 is 0 Å². The van der Waals surface area contributed by atoms with Crippen LogP contribution in [-0.4, -0.2) is 43.3 Å². The van der Waals surface area contributed by atoms with Crippen LogP contribution in [0.5, 0.6) is 0 Å². The highest BCUT2D eigenvalue weighted by atomic mass is 16.5. The lowest BCUT2D eigenvalue weighted by molar-refractivity contribution is -0.0415. The normalized spacial score (nSPS) is 24.6. The van der Waals surface area contributed by atoms with Crippen molar-refractivity contribution in [2.24, 2.45) is 5.73 Å². The Labute approximate surface area is 100 Å². The number of nitrogens with zero attached hydrogens (tertiary/aromatic N) is 1. The van der Waals surface area contributed by atoms with Gasteiger partial charge in [-0.3, -0.25) is 4.90 Å². The van der Waals surface area contributed by atoms with E-state index in [0.717, 1.165) is 26.1 Å². The van der Waals surface area contributed by atoms with Crippen molar-refractivity contribution in [3.05, 3.63) is 0 Å². The highest BCUT2D eigenvalue weighted by molar-refractivity contribution is 4.80. The molecule has 96 valence electrons. The molecule has 1 saturated heterocycles. The fraction of sp³-hybridized carbons (Fsp3) is 1.00. The maximum Gasteiger partial charge on any atom is 0.0853 e. The average Bonchev–Trinajstić information content (AvgIpc) is 2.30. The monoisotopic (exact) mass is 228 g/mol. The lowest BCUT2D eigenvalue weighted by Gasteiger charge is -2.35. The predicted molar refractivity (Wildman–Crippen MR) is 68.6 cm³/mol. The lowest BCUT2D eigenvalue weighted by Crippen LogP contribution is -2.50. The van der Waals surface area contributed by atoms with Gasteiger partial charge in [0.2, 0.25) is 0 Å². The third-order valence-corrected chi connectivity index (χ3v) is 3.34. The van der Waals surface area contributed by atoms with Crippen LogP contribution in [0.15, 0.2) is 0 Å². The average molecular weight is 228 g/mol. The minimum atomic E-state index is 0.228. The molecule has 0 aromatic heterocycles. The maximum absolute atomic E-state index is 6.20. The number of nitrogens with two attached hydrogens (primary N) is 1. The Morgan fingerprint density at radius 3 is 2.81 bits per heavy atom. The summed E-state index contributed by atoms with van der Waals surface area (Å²) < 4.78 is 5.78. The van der Waals surface area contributed by atoms with Crippen LogP contribution < -0.4 is 5.73 Å². The molecule has 0 aromatic carbocycles. The van der Waals surface area contributed by atoms with Crippen LogP contribution in [-0.2, 0) is 4.74 Å². The number of unbranched alkanes of at least 4 members (excludes halogenated alkanes) is 2. The van der Waals surface area contributed by atoms with E-state index in [9.17, 15) is 0 Å². The summed E-state index contributed by atoms with van der Waals surface area (Å²) in [5.41, 5.74) is 6.20. The fourth-order valence-corrected chi connectivity index (χ4v) is 2.33. The molecule has 2 unspecified atom stereocenters. The molecular weight excluding hydrogens is 200 g/mol. The van der Waals surface area contributed by atoms with Crippen LogP contribution in [0.2, 0.25) is 0 Å². The van der Waals surface area contributed by atoms with E-state index in [-0.39, 0.29) is 12.1 Å². The molecule has 1 heterocycles. The highest BCUT2D eigenvalue weighted by Crippen LogP contribution is 2.13. The minimum absolute atomic E-state index is 0.228. The van der Waals surface area contributed by atoms with Crippen molar-refractivity contribution in [2.75, 3.05) is 26.2 Å². The minimum Gasteiger partial charge on any atom is -0.374 e. The Kier molecular flexibility index (Phi) is 7.01. The van der Waals surface area contributed by atoms with Crippen LogP contribution in [0, 0.1) is 0 Å². The molecule has 3 nitrogen and oxygen atoms in total. The molecule has 0 bridgehead atoms. The van der Waals surface area contributed by atoms with Gasteiger partial charge in [-0.05, 0) is 19.4 Å². The Morgan fingerprint density at radius 2 is 2.12 bits per heavy atom. The maximum atomic E-state index is 6.20. The SMILES string of the molecule is CCCCCC(N)C1CN(CCC)CCO1. The number of hydrogen-bond acceptors (Lipinski definition) is 3. The van der Waals surface area contributed by atoms with Gasteiger partial charge in [-0.1, -0.05) is 33.1 Å². The van der Waals surface area contributed by atoms with Gasteiger partial charge in [0, 0.05) is 19.1 Å². The van der Waals surface area contributed by atoms with E-state index in [1.54, 1.807) is 0 Å². The van der Waals surface area contributed by atoms with Crippen molar-refractivity contribution in [3.63, 3.8) is 0 Å². The van der Waals surface area contributed by atoms with E-state index in [4.69, 9.17) is 10.5 Å². The van der Waals surface area contributed by atoms with E-state index in [2.05, 4.69) is 18.7 Å². The molecular formula is C13H28N2O. The van der Waals surface area contributed by atoms with Gasteiger partial charge < -0.3 is 10.5 Å². The van der Waals surface area contributed by atoms with Gasteiger partial charge in [-0.2, -0.15) is 0 Å². The van der Waals surface area contributed by atoms with E-state index >= 15 is 0 Å². The summed E-state index contributed by atoms with van der Waals surface area (Å²) >= 11 is 0. The van der Waals surface area contributed by atoms with E-state index in [0.29, 0.717) is 0 Å². The third kappa shape index (κ3) is 4.81. The molecule has 3 heteroatoms. The molecule has 0 aromatic rings. The lowest BCUT2D eigenvalue weighted by atomic mass is 10.0. The second-order valence-corrected chi connectivity index (χ2v) is 4.87. The van der Waals surface area contributed by atoms with E-state index in [1.165, 1.54) is 32.2 Å². The first-order chi connectivity index (χ1) is 7.77. The fourth-order valence-electron chi connectivity index (χ4n) is 2.33. The van der Waals surface area contributed by atoms with Crippen molar-refractivity contribution in [2.45, 2.75) is 58.1 Å². The molecule has 1 aliphatic heterocycles. The molecule has 0 spiro atoms. The number of morpholine rings is 1. The summed E-state index contributed by atoms with van der Waals surface area (Å²) in [6, 6.07) is 0.228. The van der Waals surface area contributed by atoms with Gasteiger partial charge in [-0.15, -0.1) is 0 Å². The Bertz CT molecular complexity index is 173. The molecule has 0 aliphatic carbocycles. The van der Waals surface area contributed by atoms with Gasteiger partial charge in [0.05, 0.1) is 12.7 Å². The summed E-state index contributed by atoms with van der Waals surface area (Å²) in [7, 11) is 0. The molecule has 1 fully saturated rings. The topological polar surface area (TPSA) is 38.5 Å². The molecule has 2 N–H and O–H groups in total. The van der Waals surface area contributed by atoms with Crippen LogP contribution in [0.3, 0.4) is 0 Å². The van der Waals surface area contributed by atoms with Crippen LogP contribution in [0.4, 0.5) is 0 Å². The molecule has 1 aliphatic rings. The second kappa shape index (κ2) is 8.04. The third-order valence-electron chi connectivity index (χ3n) is 3.34. The predicted octanol–water partition coefficient (Wildman–Crippen LogP) is 2.00. The largest absolute Gasteiger partial charge is 0.374 e.